The quantitative estimate of drug-likeness (QED) is 0.474. The average Bonchev–Trinajstić information content (AvgIpc) is 3.38. The van der Waals surface area contributed by atoms with E-state index in [1.165, 1.54) is 0 Å². The van der Waals surface area contributed by atoms with Crippen LogP contribution >= 0.6 is 0 Å². The molecule has 0 bridgehead atoms. The molecular weight excluding hydrogens is 336 g/mol. The molecule has 0 aliphatic carbocycles. The van der Waals surface area contributed by atoms with E-state index in [0.717, 1.165) is 28.3 Å². The van der Waals surface area contributed by atoms with E-state index in [4.69, 9.17) is 9.52 Å². The zero-order chi connectivity index (χ0) is 18.6. The van der Waals surface area contributed by atoms with Crippen LogP contribution in [0, 0.1) is 0 Å². The summed E-state index contributed by atoms with van der Waals surface area (Å²) < 4.78 is 7.54. The molecule has 0 fully saturated rings. The molecule has 0 radical (unpaired) electrons. The highest BCUT2D eigenvalue weighted by Gasteiger charge is 2.25. The van der Waals surface area contributed by atoms with Crippen molar-refractivity contribution in [1.82, 2.24) is 9.78 Å². The number of hydrogen-bond acceptors (Lipinski definition) is 3. The summed E-state index contributed by atoms with van der Waals surface area (Å²) in [6.07, 6.45) is 4.02. The Kier molecular flexibility index (Phi) is 4.71. The van der Waals surface area contributed by atoms with Crippen LogP contribution in [0.25, 0.3) is 16.9 Å². The fraction of sp³-hybridized carbons (Fsp3) is 0.130. The van der Waals surface area contributed by atoms with Gasteiger partial charge in [0.2, 0.25) is 0 Å². The third kappa shape index (κ3) is 3.60. The van der Waals surface area contributed by atoms with Gasteiger partial charge in [-0.05, 0) is 31.2 Å². The number of carbonyl (C=O) groups is 1. The minimum atomic E-state index is -0.176. The van der Waals surface area contributed by atoms with Crippen molar-refractivity contribution < 1.29 is 9.21 Å². The molecule has 0 N–H and O–H groups in total. The maximum atomic E-state index is 12.0. The summed E-state index contributed by atoms with van der Waals surface area (Å²) >= 11 is 0. The van der Waals surface area contributed by atoms with Crippen LogP contribution < -0.4 is 0 Å². The number of furan rings is 1. The molecule has 2 aromatic carbocycles. The third-order valence-corrected chi connectivity index (χ3v) is 4.56. The van der Waals surface area contributed by atoms with Crippen LogP contribution in [0.2, 0.25) is 0 Å². The van der Waals surface area contributed by atoms with Crippen molar-refractivity contribution in [1.29, 1.82) is 0 Å². The number of Topliss-reactive ketones (excluding diaryl/α,β-unsaturated/α-hetero) is 1. The molecule has 0 unspecified atom stereocenters. The van der Waals surface area contributed by atoms with E-state index in [9.17, 15) is 4.79 Å². The number of nitrogens with zero attached hydrogens (tertiary/aromatic N) is 2. The summed E-state index contributed by atoms with van der Waals surface area (Å²) in [5.74, 6) is 0.711. The van der Waals surface area contributed by atoms with Gasteiger partial charge in [-0.2, -0.15) is 5.10 Å². The second kappa shape index (κ2) is 7.46. The zero-order valence-corrected chi connectivity index (χ0v) is 15.1. The minimum absolute atomic E-state index is 0.114. The number of hydrogen-bond donors (Lipinski definition) is 0. The molecule has 1 atom stereocenters. The lowest BCUT2D eigenvalue weighted by Gasteiger charge is -2.13. The standard InChI is InChI=1S/C23H20N2O2/c1-17(26)15-20(22-13-8-14-27-22)21-16-25(19-11-6-3-7-12-19)24-23(21)18-9-4-2-5-10-18/h2-14,16,20H,15H2,1H3/t20-/m1/s1. The van der Waals surface area contributed by atoms with E-state index >= 15 is 0 Å². The smallest absolute Gasteiger partial charge is 0.130 e. The van der Waals surface area contributed by atoms with Gasteiger partial charge in [0, 0.05) is 23.7 Å². The highest BCUT2D eigenvalue weighted by Crippen LogP contribution is 2.36. The molecule has 0 amide bonds. The average molecular weight is 356 g/mol. The summed E-state index contributed by atoms with van der Waals surface area (Å²) in [7, 11) is 0. The Morgan fingerprint density at radius 1 is 1.00 bits per heavy atom. The zero-order valence-electron chi connectivity index (χ0n) is 15.1. The topological polar surface area (TPSA) is 48.0 Å². The van der Waals surface area contributed by atoms with Crippen LogP contribution in [0.15, 0.2) is 89.7 Å². The summed E-state index contributed by atoms with van der Waals surface area (Å²) in [6.45, 7) is 1.61. The molecule has 0 saturated carbocycles. The second-order valence-electron chi connectivity index (χ2n) is 6.55. The van der Waals surface area contributed by atoms with Gasteiger partial charge in [-0.15, -0.1) is 0 Å². The lowest BCUT2D eigenvalue weighted by molar-refractivity contribution is -0.117. The van der Waals surface area contributed by atoms with E-state index in [2.05, 4.69) is 0 Å². The highest BCUT2D eigenvalue weighted by molar-refractivity contribution is 5.78. The Hall–Kier alpha value is -3.40. The number of para-hydroxylation sites is 1. The second-order valence-corrected chi connectivity index (χ2v) is 6.55. The van der Waals surface area contributed by atoms with E-state index in [1.54, 1.807) is 13.2 Å². The van der Waals surface area contributed by atoms with Crippen molar-refractivity contribution in [3.63, 3.8) is 0 Å². The molecular formula is C23H20N2O2. The Morgan fingerprint density at radius 2 is 1.70 bits per heavy atom. The molecule has 0 saturated heterocycles. The van der Waals surface area contributed by atoms with Gasteiger partial charge in [0.1, 0.15) is 11.5 Å². The van der Waals surface area contributed by atoms with E-state index in [-0.39, 0.29) is 11.7 Å². The number of benzene rings is 2. The molecule has 4 aromatic rings. The summed E-state index contributed by atoms with van der Waals surface area (Å²) in [6, 6.07) is 23.8. The van der Waals surface area contributed by atoms with Crippen LogP contribution in [-0.2, 0) is 4.79 Å². The molecule has 27 heavy (non-hydrogen) atoms. The Balaban J connectivity index is 1.89. The first kappa shape index (κ1) is 17.0. The monoisotopic (exact) mass is 356 g/mol. The van der Waals surface area contributed by atoms with Gasteiger partial charge in [0.25, 0.3) is 0 Å². The van der Waals surface area contributed by atoms with Crippen LogP contribution in [0.3, 0.4) is 0 Å². The van der Waals surface area contributed by atoms with Crippen molar-refractivity contribution >= 4 is 5.78 Å². The largest absolute Gasteiger partial charge is 0.469 e. The predicted molar refractivity (Wildman–Crippen MR) is 105 cm³/mol. The summed E-state index contributed by atoms with van der Waals surface area (Å²) in [5, 5.41) is 4.85. The molecule has 2 aromatic heterocycles. The molecule has 4 rings (SSSR count). The van der Waals surface area contributed by atoms with E-state index < -0.39 is 0 Å². The predicted octanol–water partition coefficient (Wildman–Crippen LogP) is 5.24. The Bertz CT molecular complexity index is 1020. The first-order chi connectivity index (χ1) is 13.2. The van der Waals surface area contributed by atoms with Crippen LogP contribution in [0.5, 0.6) is 0 Å². The molecule has 0 aliphatic rings. The van der Waals surface area contributed by atoms with Gasteiger partial charge in [-0.3, -0.25) is 4.79 Å². The van der Waals surface area contributed by atoms with Crippen molar-refractivity contribution in [2.45, 2.75) is 19.3 Å². The van der Waals surface area contributed by atoms with Gasteiger partial charge < -0.3 is 4.42 Å². The molecule has 134 valence electrons. The van der Waals surface area contributed by atoms with Crippen molar-refractivity contribution in [2.75, 3.05) is 0 Å². The van der Waals surface area contributed by atoms with Crippen molar-refractivity contribution in [3.05, 3.63) is 96.6 Å². The molecule has 0 spiro atoms. The van der Waals surface area contributed by atoms with Gasteiger partial charge >= 0.3 is 0 Å². The lowest BCUT2D eigenvalue weighted by Crippen LogP contribution is -2.06. The van der Waals surface area contributed by atoms with Gasteiger partial charge in [-0.1, -0.05) is 48.5 Å². The van der Waals surface area contributed by atoms with Gasteiger partial charge in [-0.25, -0.2) is 4.68 Å². The van der Waals surface area contributed by atoms with Crippen molar-refractivity contribution in [2.24, 2.45) is 0 Å². The SMILES string of the molecule is CC(=O)C[C@@H](c1ccco1)c1cn(-c2ccccc2)nc1-c1ccccc1. The maximum absolute atomic E-state index is 12.0. The Labute approximate surface area is 158 Å². The number of rotatable bonds is 6. The summed E-state index contributed by atoms with van der Waals surface area (Å²) in [4.78, 5) is 12.0. The highest BCUT2D eigenvalue weighted by atomic mass is 16.3. The normalized spacial score (nSPS) is 12.0. The third-order valence-electron chi connectivity index (χ3n) is 4.56. The molecule has 4 heteroatoms. The van der Waals surface area contributed by atoms with E-state index in [0.29, 0.717) is 6.42 Å². The fourth-order valence-electron chi connectivity index (χ4n) is 3.32. The number of carbonyl (C=O) groups excluding carboxylic acids is 1. The maximum Gasteiger partial charge on any atom is 0.130 e. The van der Waals surface area contributed by atoms with Gasteiger partial charge in [0.05, 0.1) is 23.6 Å². The number of aromatic nitrogens is 2. The van der Waals surface area contributed by atoms with E-state index in [1.807, 2.05) is 83.7 Å². The summed E-state index contributed by atoms with van der Waals surface area (Å²) in [5.41, 5.74) is 3.83. The lowest BCUT2D eigenvalue weighted by atomic mass is 9.90. The molecule has 0 aliphatic heterocycles. The first-order valence-corrected chi connectivity index (χ1v) is 8.95. The fourth-order valence-corrected chi connectivity index (χ4v) is 3.32. The van der Waals surface area contributed by atoms with Crippen LogP contribution in [0.4, 0.5) is 0 Å². The molecule has 2 heterocycles. The first-order valence-electron chi connectivity index (χ1n) is 8.95. The molecule has 4 nitrogen and oxygen atoms in total. The minimum Gasteiger partial charge on any atom is -0.469 e. The van der Waals surface area contributed by atoms with Crippen LogP contribution in [0.1, 0.15) is 30.6 Å². The number of ketones is 1. The Morgan fingerprint density at radius 3 is 2.33 bits per heavy atom. The van der Waals surface area contributed by atoms with Crippen LogP contribution in [-0.4, -0.2) is 15.6 Å². The van der Waals surface area contributed by atoms with Gasteiger partial charge in [0.15, 0.2) is 0 Å². The van der Waals surface area contributed by atoms with Crippen molar-refractivity contribution in [3.8, 4) is 16.9 Å².